The third-order valence-electron chi connectivity index (χ3n) is 5.09. The van der Waals surface area contributed by atoms with Gasteiger partial charge in [0, 0.05) is 53.3 Å². The molecule has 154 valence electrons. The Kier molecular flexibility index (Phi) is 6.04. The van der Waals surface area contributed by atoms with E-state index in [1.165, 1.54) is 3.97 Å². The molecular formula is C20H21Br2N3O3S. The summed E-state index contributed by atoms with van der Waals surface area (Å²) in [7, 11) is -2.23. The highest BCUT2D eigenvalue weighted by atomic mass is 79.9. The molecule has 9 heteroatoms. The van der Waals surface area contributed by atoms with Crippen LogP contribution in [0.25, 0.3) is 10.9 Å². The lowest BCUT2D eigenvalue weighted by atomic mass is 10.1. The van der Waals surface area contributed by atoms with E-state index in [0.717, 1.165) is 41.6 Å². The number of methoxy groups -OCH3 is 1. The van der Waals surface area contributed by atoms with E-state index in [1.54, 1.807) is 31.5 Å². The fraction of sp³-hybridized carbons (Fsp3) is 0.300. The minimum atomic E-state index is -3.79. The van der Waals surface area contributed by atoms with Gasteiger partial charge in [0.15, 0.2) is 0 Å². The van der Waals surface area contributed by atoms with Crippen LogP contribution in [0, 0.1) is 0 Å². The van der Waals surface area contributed by atoms with Crippen LogP contribution in [0.5, 0.6) is 5.75 Å². The number of benzene rings is 2. The second-order valence-corrected chi connectivity index (χ2v) is 10.5. The molecule has 0 atom stereocenters. The van der Waals surface area contributed by atoms with Crippen LogP contribution < -0.4 is 10.1 Å². The molecule has 0 unspecified atom stereocenters. The van der Waals surface area contributed by atoms with Crippen molar-refractivity contribution in [3.63, 3.8) is 0 Å². The van der Waals surface area contributed by atoms with Crippen LogP contribution in [-0.4, -0.2) is 50.6 Å². The molecule has 0 aliphatic carbocycles. The fourth-order valence-corrected chi connectivity index (χ4v) is 6.37. The van der Waals surface area contributed by atoms with E-state index in [0.29, 0.717) is 22.3 Å². The molecule has 1 saturated heterocycles. The normalized spacial score (nSPS) is 15.7. The highest BCUT2D eigenvalue weighted by molar-refractivity contribution is 9.10. The summed E-state index contributed by atoms with van der Waals surface area (Å²) in [6, 6.07) is 10.6. The summed E-state index contributed by atoms with van der Waals surface area (Å²) in [6.07, 6.45) is 1.76. The maximum Gasteiger partial charge on any atom is 0.269 e. The molecule has 0 bridgehead atoms. The summed E-state index contributed by atoms with van der Waals surface area (Å²) in [5.74, 6) is 0.594. The van der Waals surface area contributed by atoms with Gasteiger partial charge in [-0.25, -0.2) is 12.4 Å². The first-order valence-electron chi connectivity index (χ1n) is 9.22. The van der Waals surface area contributed by atoms with Crippen LogP contribution in [0.1, 0.15) is 5.56 Å². The van der Waals surface area contributed by atoms with Gasteiger partial charge < -0.3 is 10.1 Å². The van der Waals surface area contributed by atoms with Gasteiger partial charge in [0.05, 0.1) is 12.6 Å². The van der Waals surface area contributed by atoms with Crippen LogP contribution in [0.4, 0.5) is 0 Å². The monoisotopic (exact) mass is 541 g/mol. The summed E-state index contributed by atoms with van der Waals surface area (Å²) in [4.78, 5) is 2.54. The molecule has 0 spiro atoms. The van der Waals surface area contributed by atoms with Gasteiger partial charge in [0.2, 0.25) is 0 Å². The van der Waals surface area contributed by atoms with E-state index in [4.69, 9.17) is 4.74 Å². The second-order valence-electron chi connectivity index (χ2n) is 6.94. The maximum absolute atomic E-state index is 13.5. The van der Waals surface area contributed by atoms with Crippen LogP contribution >= 0.6 is 31.9 Å². The zero-order valence-electron chi connectivity index (χ0n) is 15.9. The second kappa shape index (κ2) is 8.39. The molecule has 1 fully saturated rings. The summed E-state index contributed by atoms with van der Waals surface area (Å²) in [6.45, 7) is 4.48. The fourth-order valence-electron chi connectivity index (χ4n) is 3.60. The lowest BCUT2D eigenvalue weighted by molar-refractivity contribution is 0.234. The highest BCUT2D eigenvalue weighted by Gasteiger charge is 2.25. The van der Waals surface area contributed by atoms with Crippen molar-refractivity contribution in [2.75, 3.05) is 33.3 Å². The summed E-state index contributed by atoms with van der Waals surface area (Å²) in [5.41, 5.74) is 1.66. The minimum absolute atomic E-state index is 0.201. The standard InChI is InChI=1S/C20H21Br2N3O3S/c1-28-16-3-5-20(18(22)11-16)29(26,27)25-13-14(12-24-8-6-23-7-9-24)17-10-15(21)2-4-19(17)25/h2-5,10-11,13,23H,6-9,12H2,1H3. The van der Waals surface area contributed by atoms with E-state index >= 15 is 0 Å². The van der Waals surface area contributed by atoms with Gasteiger partial charge in [0.1, 0.15) is 10.6 Å². The molecule has 4 rings (SSSR count). The number of aromatic nitrogens is 1. The van der Waals surface area contributed by atoms with Crippen molar-refractivity contribution in [3.8, 4) is 5.75 Å². The smallest absolute Gasteiger partial charge is 0.269 e. The number of hydrogen-bond acceptors (Lipinski definition) is 5. The Bertz CT molecular complexity index is 1160. The number of nitrogens with one attached hydrogen (secondary N) is 1. The van der Waals surface area contributed by atoms with Gasteiger partial charge in [-0.3, -0.25) is 4.90 Å². The number of halogens is 2. The molecule has 1 aliphatic rings. The predicted octanol–water partition coefficient (Wildman–Crippen LogP) is 3.82. The Morgan fingerprint density at radius 2 is 1.86 bits per heavy atom. The zero-order chi connectivity index (χ0) is 20.6. The molecule has 1 aliphatic heterocycles. The van der Waals surface area contributed by atoms with E-state index in [9.17, 15) is 8.42 Å². The van der Waals surface area contributed by atoms with Gasteiger partial charge >= 0.3 is 0 Å². The molecule has 6 nitrogen and oxygen atoms in total. The first-order chi connectivity index (χ1) is 13.9. The molecule has 1 N–H and O–H groups in total. The third kappa shape index (κ3) is 4.11. The highest BCUT2D eigenvalue weighted by Crippen LogP contribution is 2.33. The number of nitrogens with zero attached hydrogens (tertiary/aromatic N) is 2. The molecule has 0 amide bonds. The number of fused-ring (bicyclic) bond motifs is 1. The first-order valence-corrected chi connectivity index (χ1v) is 12.2. The first kappa shape index (κ1) is 20.9. The van der Waals surface area contributed by atoms with Crippen molar-refractivity contribution in [1.82, 2.24) is 14.2 Å². The Balaban J connectivity index is 1.82. The molecule has 3 aromatic rings. The lowest BCUT2D eigenvalue weighted by Gasteiger charge is -2.26. The predicted molar refractivity (Wildman–Crippen MR) is 121 cm³/mol. The number of ether oxygens (including phenoxy) is 1. The Labute approximate surface area is 187 Å². The van der Waals surface area contributed by atoms with Gasteiger partial charge in [0.25, 0.3) is 10.0 Å². The summed E-state index contributed by atoms with van der Waals surface area (Å²) in [5, 5.41) is 4.28. The van der Waals surface area contributed by atoms with Gasteiger partial charge in [-0.15, -0.1) is 0 Å². The van der Waals surface area contributed by atoms with E-state index in [2.05, 4.69) is 42.1 Å². The van der Waals surface area contributed by atoms with Crippen molar-refractivity contribution in [3.05, 3.63) is 57.1 Å². The average Bonchev–Trinajstić information content (AvgIpc) is 3.06. The molecule has 2 aromatic carbocycles. The van der Waals surface area contributed by atoms with E-state index in [-0.39, 0.29) is 4.90 Å². The van der Waals surface area contributed by atoms with Crippen LogP contribution in [0.3, 0.4) is 0 Å². The van der Waals surface area contributed by atoms with Crippen molar-refractivity contribution in [2.24, 2.45) is 0 Å². The number of hydrogen-bond donors (Lipinski definition) is 1. The Morgan fingerprint density at radius 1 is 1.10 bits per heavy atom. The van der Waals surface area contributed by atoms with Gasteiger partial charge in [-0.05, 0) is 57.9 Å². The van der Waals surface area contributed by atoms with Gasteiger partial charge in [-0.2, -0.15) is 0 Å². The summed E-state index contributed by atoms with van der Waals surface area (Å²) >= 11 is 6.91. The van der Waals surface area contributed by atoms with Crippen LogP contribution in [-0.2, 0) is 16.6 Å². The third-order valence-corrected chi connectivity index (χ3v) is 8.24. The van der Waals surface area contributed by atoms with Crippen molar-refractivity contribution >= 4 is 52.8 Å². The van der Waals surface area contributed by atoms with Crippen molar-refractivity contribution in [1.29, 1.82) is 0 Å². The Hall–Kier alpha value is -1.39. The molecule has 0 saturated carbocycles. The van der Waals surface area contributed by atoms with Crippen LogP contribution in [0.15, 0.2) is 56.4 Å². The molecular weight excluding hydrogens is 522 g/mol. The lowest BCUT2D eigenvalue weighted by Crippen LogP contribution is -2.42. The average molecular weight is 543 g/mol. The topological polar surface area (TPSA) is 63.6 Å². The Morgan fingerprint density at radius 3 is 2.55 bits per heavy atom. The van der Waals surface area contributed by atoms with Gasteiger partial charge in [-0.1, -0.05) is 15.9 Å². The molecule has 0 radical (unpaired) electrons. The molecule has 2 heterocycles. The SMILES string of the molecule is COc1ccc(S(=O)(=O)n2cc(CN3CCNCC3)c3cc(Br)ccc32)c(Br)c1. The largest absolute Gasteiger partial charge is 0.497 e. The minimum Gasteiger partial charge on any atom is -0.497 e. The van der Waals surface area contributed by atoms with Crippen LogP contribution in [0.2, 0.25) is 0 Å². The molecule has 1 aromatic heterocycles. The number of rotatable bonds is 5. The van der Waals surface area contributed by atoms with E-state index in [1.807, 2.05) is 18.2 Å². The molecule has 29 heavy (non-hydrogen) atoms. The van der Waals surface area contributed by atoms with Crippen molar-refractivity contribution < 1.29 is 13.2 Å². The number of piperazine rings is 1. The maximum atomic E-state index is 13.5. The van der Waals surface area contributed by atoms with E-state index < -0.39 is 10.0 Å². The zero-order valence-corrected chi connectivity index (χ0v) is 19.8. The quantitative estimate of drug-likeness (QED) is 0.531. The van der Waals surface area contributed by atoms with Crippen molar-refractivity contribution in [2.45, 2.75) is 11.4 Å². The summed E-state index contributed by atoms with van der Waals surface area (Å²) < 4.78 is 35.0.